The Bertz CT molecular complexity index is 637. The number of hydrogen-bond acceptors (Lipinski definition) is 5. The van der Waals surface area contributed by atoms with Crippen molar-refractivity contribution in [1.82, 2.24) is 4.98 Å². The Balaban J connectivity index is 2.15. The van der Waals surface area contributed by atoms with Gasteiger partial charge >= 0.3 is 7.12 Å². The highest BCUT2D eigenvalue weighted by Crippen LogP contribution is 2.31. The van der Waals surface area contributed by atoms with E-state index in [2.05, 4.69) is 20.9 Å². The Morgan fingerprint density at radius 3 is 2.23 bits per heavy atom. The Morgan fingerprint density at radius 1 is 1.18 bits per heavy atom. The van der Waals surface area contributed by atoms with Crippen LogP contribution in [0.2, 0.25) is 0 Å². The first kappa shape index (κ1) is 17.6. The molecular weight excluding hydrogens is 365 g/mol. The number of hydrogen-bond donors (Lipinski definition) is 2. The summed E-state index contributed by atoms with van der Waals surface area (Å²) in [5.41, 5.74) is 1.48. The molecule has 22 heavy (non-hydrogen) atoms. The van der Waals surface area contributed by atoms with Crippen LogP contribution in [0.4, 0.5) is 0 Å². The lowest BCUT2D eigenvalue weighted by Crippen LogP contribution is -2.53. The SMILES string of the molecule is CC(C)(O)C(C)(C)OB(O)c1ccc(-c2scnc2Br)cc1. The minimum absolute atomic E-state index is 0.640. The largest absolute Gasteiger partial charge is 0.491 e. The molecule has 1 heterocycles. The summed E-state index contributed by atoms with van der Waals surface area (Å²) in [6.07, 6.45) is 0. The lowest BCUT2D eigenvalue weighted by molar-refractivity contribution is -0.0982. The molecule has 0 aliphatic heterocycles. The second-order valence-electron chi connectivity index (χ2n) is 6.13. The zero-order valence-electron chi connectivity index (χ0n) is 13.0. The first-order valence-corrected chi connectivity index (χ1v) is 8.56. The second-order valence-corrected chi connectivity index (χ2v) is 7.74. The molecule has 2 aromatic rings. The summed E-state index contributed by atoms with van der Waals surface area (Å²) in [6, 6.07) is 7.45. The summed E-state index contributed by atoms with van der Waals surface area (Å²) in [4.78, 5) is 5.20. The van der Waals surface area contributed by atoms with Crippen molar-refractivity contribution in [1.29, 1.82) is 0 Å². The molecule has 118 valence electrons. The number of halogens is 1. The molecule has 0 amide bonds. The van der Waals surface area contributed by atoms with Crippen LogP contribution < -0.4 is 5.46 Å². The number of nitrogens with zero attached hydrogens (tertiary/aromatic N) is 1. The third-order valence-corrected chi connectivity index (χ3v) is 5.60. The maximum absolute atomic E-state index is 10.2. The van der Waals surface area contributed by atoms with Gasteiger partial charge in [-0.05, 0) is 54.7 Å². The van der Waals surface area contributed by atoms with Crippen molar-refractivity contribution in [3.63, 3.8) is 0 Å². The van der Waals surface area contributed by atoms with Crippen LogP contribution >= 0.6 is 27.3 Å². The molecule has 0 atom stereocenters. The van der Waals surface area contributed by atoms with Crippen molar-refractivity contribution < 1.29 is 14.8 Å². The van der Waals surface area contributed by atoms with Crippen molar-refractivity contribution in [3.8, 4) is 10.4 Å². The van der Waals surface area contributed by atoms with Crippen LogP contribution in [-0.2, 0) is 4.65 Å². The Kier molecular flexibility index (Phi) is 5.14. The van der Waals surface area contributed by atoms with Gasteiger partial charge in [-0.1, -0.05) is 24.3 Å². The summed E-state index contributed by atoms with van der Waals surface area (Å²) >= 11 is 4.95. The van der Waals surface area contributed by atoms with Gasteiger partial charge in [0.15, 0.2) is 0 Å². The molecule has 0 aliphatic rings. The Morgan fingerprint density at radius 2 is 1.77 bits per heavy atom. The van der Waals surface area contributed by atoms with Gasteiger partial charge in [0.25, 0.3) is 0 Å². The minimum Gasteiger partial charge on any atom is -0.423 e. The van der Waals surface area contributed by atoms with Crippen molar-refractivity contribution in [2.75, 3.05) is 0 Å². The summed E-state index contributed by atoms with van der Waals surface area (Å²) in [5.74, 6) is 0. The van der Waals surface area contributed by atoms with E-state index in [9.17, 15) is 10.1 Å². The molecule has 2 N–H and O–H groups in total. The summed E-state index contributed by atoms with van der Waals surface area (Å²) in [6.45, 7) is 6.81. The molecule has 7 heteroatoms. The van der Waals surface area contributed by atoms with E-state index in [4.69, 9.17) is 4.65 Å². The van der Waals surface area contributed by atoms with Crippen molar-refractivity contribution >= 4 is 39.8 Å². The molecule has 0 fully saturated rings. The zero-order valence-corrected chi connectivity index (χ0v) is 15.4. The fourth-order valence-corrected chi connectivity index (χ4v) is 3.14. The number of rotatable bonds is 5. The van der Waals surface area contributed by atoms with Crippen LogP contribution in [0, 0.1) is 0 Å². The van der Waals surface area contributed by atoms with Crippen LogP contribution in [0.25, 0.3) is 10.4 Å². The molecule has 0 saturated heterocycles. The van der Waals surface area contributed by atoms with Crippen LogP contribution in [-0.4, -0.2) is 33.4 Å². The highest BCUT2D eigenvalue weighted by Gasteiger charge is 2.39. The highest BCUT2D eigenvalue weighted by atomic mass is 79.9. The first-order valence-electron chi connectivity index (χ1n) is 6.89. The van der Waals surface area contributed by atoms with Gasteiger partial charge in [-0.2, -0.15) is 0 Å². The quantitative estimate of drug-likeness (QED) is 0.779. The summed E-state index contributed by atoms with van der Waals surface area (Å²) in [5, 5.41) is 20.3. The highest BCUT2D eigenvalue weighted by molar-refractivity contribution is 9.10. The molecule has 0 radical (unpaired) electrons. The van der Waals surface area contributed by atoms with E-state index in [1.54, 1.807) is 44.5 Å². The maximum atomic E-state index is 10.2. The predicted octanol–water partition coefficient (Wildman–Crippen LogP) is 2.83. The Labute approximate surface area is 143 Å². The molecule has 1 aromatic carbocycles. The molecule has 0 spiro atoms. The van der Waals surface area contributed by atoms with Crippen LogP contribution in [0.5, 0.6) is 0 Å². The number of benzene rings is 1. The lowest BCUT2D eigenvalue weighted by Gasteiger charge is -2.38. The number of thiazole rings is 1. The van der Waals surface area contributed by atoms with E-state index in [-0.39, 0.29) is 0 Å². The van der Waals surface area contributed by atoms with Gasteiger partial charge in [0.2, 0.25) is 0 Å². The molecular formula is C15H19BBrNO3S. The number of aliphatic hydroxyl groups is 1. The maximum Gasteiger partial charge on any atom is 0.491 e. The summed E-state index contributed by atoms with van der Waals surface area (Å²) in [7, 11) is -1.10. The lowest BCUT2D eigenvalue weighted by atomic mass is 9.76. The fourth-order valence-electron chi connectivity index (χ4n) is 1.71. The average molecular weight is 384 g/mol. The van der Waals surface area contributed by atoms with Gasteiger partial charge in [0.05, 0.1) is 21.6 Å². The van der Waals surface area contributed by atoms with Crippen LogP contribution in [0.15, 0.2) is 34.4 Å². The molecule has 1 aromatic heterocycles. The molecule has 0 unspecified atom stereocenters. The third kappa shape index (κ3) is 3.78. The Hall–Kier alpha value is -0.725. The normalized spacial score (nSPS) is 12.5. The number of aromatic nitrogens is 1. The van der Waals surface area contributed by atoms with Gasteiger partial charge in [-0.3, -0.25) is 0 Å². The van der Waals surface area contributed by atoms with E-state index >= 15 is 0 Å². The third-order valence-electron chi connectivity index (χ3n) is 3.86. The monoisotopic (exact) mass is 383 g/mol. The van der Waals surface area contributed by atoms with E-state index in [0.29, 0.717) is 5.46 Å². The fraction of sp³-hybridized carbons (Fsp3) is 0.400. The topological polar surface area (TPSA) is 62.6 Å². The van der Waals surface area contributed by atoms with Crippen LogP contribution in [0.3, 0.4) is 0 Å². The average Bonchev–Trinajstić information content (AvgIpc) is 2.83. The van der Waals surface area contributed by atoms with E-state index in [0.717, 1.165) is 15.0 Å². The molecule has 0 aliphatic carbocycles. The van der Waals surface area contributed by atoms with Gasteiger partial charge in [-0.15, -0.1) is 11.3 Å². The van der Waals surface area contributed by atoms with Crippen molar-refractivity contribution in [3.05, 3.63) is 34.4 Å². The summed E-state index contributed by atoms with van der Waals surface area (Å²) < 4.78 is 6.44. The molecule has 0 saturated carbocycles. The molecule has 4 nitrogen and oxygen atoms in total. The zero-order chi connectivity index (χ0) is 16.5. The van der Waals surface area contributed by atoms with Gasteiger partial charge in [0.1, 0.15) is 4.60 Å². The standard InChI is InChI=1S/C15H19BBrNO3S/c1-14(2,19)15(3,4)21-16(20)11-7-5-10(6-8-11)12-13(17)18-9-22-12/h5-9,19-20H,1-4H3. The van der Waals surface area contributed by atoms with Crippen LogP contribution in [0.1, 0.15) is 27.7 Å². The molecule has 0 bridgehead atoms. The van der Waals surface area contributed by atoms with Crippen molar-refractivity contribution in [2.24, 2.45) is 0 Å². The molecule has 2 rings (SSSR count). The van der Waals surface area contributed by atoms with Gasteiger partial charge < -0.3 is 14.8 Å². The van der Waals surface area contributed by atoms with Gasteiger partial charge in [0, 0.05) is 0 Å². The second kappa shape index (κ2) is 6.41. The minimum atomic E-state index is -1.10. The predicted molar refractivity (Wildman–Crippen MR) is 94.3 cm³/mol. The van der Waals surface area contributed by atoms with E-state index in [1.807, 2.05) is 24.3 Å². The first-order chi connectivity index (χ1) is 10.1. The van der Waals surface area contributed by atoms with E-state index in [1.165, 1.54) is 0 Å². The van der Waals surface area contributed by atoms with Crippen molar-refractivity contribution in [2.45, 2.75) is 38.9 Å². The van der Waals surface area contributed by atoms with E-state index < -0.39 is 18.3 Å². The van der Waals surface area contributed by atoms with Gasteiger partial charge in [-0.25, -0.2) is 4.98 Å². The smallest absolute Gasteiger partial charge is 0.423 e.